The van der Waals surface area contributed by atoms with Gasteiger partial charge in [-0.1, -0.05) is 19.1 Å². The van der Waals surface area contributed by atoms with Gasteiger partial charge >= 0.3 is 0 Å². The van der Waals surface area contributed by atoms with Crippen molar-refractivity contribution in [1.29, 1.82) is 0 Å². The maximum atomic E-state index is 13.2. The van der Waals surface area contributed by atoms with E-state index in [0.29, 0.717) is 6.04 Å². The summed E-state index contributed by atoms with van der Waals surface area (Å²) >= 11 is 0. The highest BCUT2D eigenvalue weighted by molar-refractivity contribution is 5.17. The zero-order valence-corrected chi connectivity index (χ0v) is 11.2. The van der Waals surface area contributed by atoms with Crippen LogP contribution in [0.25, 0.3) is 0 Å². The number of rotatable bonds is 7. The van der Waals surface area contributed by atoms with Gasteiger partial charge in [0, 0.05) is 12.5 Å². The molecule has 2 nitrogen and oxygen atoms in total. The molecule has 2 rings (SSSR count). The Balaban J connectivity index is 1.91. The summed E-state index contributed by atoms with van der Waals surface area (Å²) in [5, 5.41) is 3.45. The maximum Gasteiger partial charge on any atom is 0.123 e. The molecule has 102 valence electrons. The molecule has 1 N–H and O–H groups in total. The fourth-order valence-electron chi connectivity index (χ4n) is 2.28. The van der Waals surface area contributed by atoms with E-state index in [-0.39, 0.29) is 5.82 Å². The number of benzene rings is 1. The van der Waals surface area contributed by atoms with Crippen LogP contribution in [0.3, 0.4) is 0 Å². The van der Waals surface area contributed by atoms with E-state index in [1.54, 1.807) is 18.4 Å². The Morgan fingerprint density at radius 2 is 2.16 bits per heavy atom. The van der Waals surface area contributed by atoms with Crippen molar-refractivity contribution < 1.29 is 8.81 Å². The van der Waals surface area contributed by atoms with Gasteiger partial charge in [-0.25, -0.2) is 4.39 Å². The van der Waals surface area contributed by atoms with Gasteiger partial charge in [0.05, 0.1) is 6.26 Å². The number of likely N-dealkylation sites (N-methyl/N-ethyl adjacent to an activating group) is 1. The first-order valence-corrected chi connectivity index (χ1v) is 6.78. The van der Waals surface area contributed by atoms with Gasteiger partial charge in [0.15, 0.2) is 0 Å². The Kier molecular flexibility index (Phi) is 5.16. The number of aryl methyl sites for hydroxylation is 1. The van der Waals surface area contributed by atoms with Gasteiger partial charge in [0.25, 0.3) is 0 Å². The Bertz CT molecular complexity index is 481. The number of halogens is 1. The lowest BCUT2D eigenvalue weighted by Crippen LogP contribution is -2.31. The van der Waals surface area contributed by atoms with Crippen LogP contribution in [-0.4, -0.2) is 12.6 Å². The van der Waals surface area contributed by atoms with Crippen molar-refractivity contribution in [3.05, 3.63) is 59.8 Å². The summed E-state index contributed by atoms with van der Waals surface area (Å²) in [5.74, 6) is 0.834. The minimum Gasteiger partial charge on any atom is -0.469 e. The highest BCUT2D eigenvalue weighted by Gasteiger charge is 2.10. The third-order valence-corrected chi connectivity index (χ3v) is 3.18. The lowest BCUT2D eigenvalue weighted by molar-refractivity contribution is 0.447. The molecule has 1 unspecified atom stereocenters. The first kappa shape index (κ1) is 13.8. The molecule has 0 saturated heterocycles. The van der Waals surface area contributed by atoms with Crippen molar-refractivity contribution in [1.82, 2.24) is 5.32 Å². The van der Waals surface area contributed by atoms with Gasteiger partial charge in [-0.05, 0) is 49.2 Å². The molecule has 19 heavy (non-hydrogen) atoms. The average molecular weight is 261 g/mol. The number of hydrogen-bond acceptors (Lipinski definition) is 2. The Hall–Kier alpha value is -1.61. The molecule has 0 aliphatic heterocycles. The van der Waals surface area contributed by atoms with Gasteiger partial charge in [-0.3, -0.25) is 0 Å². The van der Waals surface area contributed by atoms with Gasteiger partial charge < -0.3 is 9.73 Å². The molecule has 2 aromatic rings. The van der Waals surface area contributed by atoms with Crippen LogP contribution in [0.1, 0.15) is 24.7 Å². The number of furan rings is 1. The Morgan fingerprint density at radius 1 is 1.26 bits per heavy atom. The van der Waals surface area contributed by atoms with Gasteiger partial charge in [-0.2, -0.15) is 0 Å². The molecule has 0 radical (unpaired) electrons. The third-order valence-electron chi connectivity index (χ3n) is 3.18. The molecule has 0 aliphatic carbocycles. The summed E-state index contributed by atoms with van der Waals surface area (Å²) in [6, 6.07) is 11.1. The normalized spacial score (nSPS) is 12.5. The summed E-state index contributed by atoms with van der Waals surface area (Å²) in [6.07, 6.45) is 4.42. The second kappa shape index (κ2) is 7.10. The van der Waals surface area contributed by atoms with Crippen molar-refractivity contribution in [2.75, 3.05) is 6.54 Å². The highest BCUT2D eigenvalue weighted by atomic mass is 19.1. The summed E-state index contributed by atoms with van der Waals surface area (Å²) in [7, 11) is 0. The summed E-state index contributed by atoms with van der Waals surface area (Å²) < 4.78 is 18.5. The van der Waals surface area contributed by atoms with Crippen LogP contribution in [-0.2, 0) is 12.8 Å². The zero-order valence-electron chi connectivity index (χ0n) is 11.2. The van der Waals surface area contributed by atoms with Gasteiger partial charge in [0.1, 0.15) is 11.6 Å². The molecule has 0 bridgehead atoms. The molecule has 1 heterocycles. The second-order valence-corrected chi connectivity index (χ2v) is 4.71. The molecule has 1 aromatic carbocycles. The van der Waals surface area contributed by atoms with E-state index in [2.05, 4.69) is 12.2 Å². The minimum atomic E-state index is -0.168. The number of nitrogens with one attached hydrogen (secondary N) is 1. The summed E-state index contributed by atoms with van der Waals surface area (Å²) in [5.41, 5.74) is 1.03. The molecular weight excluding hydrogens is 241 g/mol. The SMILES string of the molecule is CCNC(CCc1ccco1)Cc1cccc(F)c1. The first-order chi connectivity index (χ1) is 9.28. The fraction of sp³-hybridized carbons (Fsp3) is 0.375. The molecule has 0 saturated carbocycles. The van der Waals surface area contributed by atoms with Crippen LogP contribution in [0.2, 0.25) is 0 Å². The largest absolute Gasteiger partial charge is 0.469 e. The van der Waals surface area contributed by atoms with E-state index in [1.807, 2.05) is 18.2 Å². The molecule has 1 aromatic heterocycles. The monoisotopic (exact) mass is 261 g/mol. The lowest BCUT2D eigenvalue weighted by Gasteiger charge is -2.17. The summed E-state index contributed by atoms with van der Waals surface area (Å²) in [4.78, 5) is 0. The number of hydrogen-bond donors (Lipinski definition) is 1. The zero-order chi connectivity index (χ0) is 13.5. The van der Waals surface area contributed by atoms with Crippen LogP contribution in [0.4, 0.5) is 4.39 Å². The second-order valence-electron chi connectivity index (χ2n) is 4.71. The van der Waals surface area contributed by atoms with Gasteiger partial charge in [-0.15, -0.1) is 0 Å². The Morgan fingerprint density at radius 3 is 2.84 bits per heavy atom. The maximum absolute atomic E-state index is 13.2. The Labute approximate surface area is 113 Å². The highest BCUT2D eigenvalue weighted by Crippen LogP contribution is 2.11. The summed E-state index contributed by atoms with van der Waals surface area (Å²) in [6.45, 7) is 3.00. The molecule has 3 heteroatoms. The van der Waals surface area contributed by atoms with Crippen LogP contribution in [0.15, 0.2) is 47.1 Å². The lowest BCUT2D eigenvalue weighted by atomic mass is 10.0. The van der Waals surface area contributed by atoms with E-state index in [1.165, 1.54) is 6.07 Å². The molecule has 0 aliphatic rings. The quantitative estimate of drug-likeness (QED) is 0.824. The topological polar surface area (TPSA) is 25.2 Å². The molecular formula is C16H20FNO. The van der Waals surface area contributed by atoms with E-state index >= 15 is 0 Å². The van der Waals surface area contributed by atoms with Gasteiger partial charge in [0.2, 0.25) is 0 Å². The molecule has 1 atom stereocenters. The third kappa shape index (κ3) is 4.52. The predicted octanol–water partition coefficient (Wildman–Crippen LogP) is 3.57. The van der Waals surface area contributed by atoms with Crippen molar-refractivity contribution in [3.63, 3.8) is 0 Å². The van der Waals surface area contributed by atoms with Crippen LogP contribution in [0.5, 0.6) is 0 Å². The van der Waals surface area contributed by atoms with Crippen LogP contribution < -0.4 is 5.32 Å². The van der Waals surface area contributed by atoms with Crippen LogP contribution >= 0.6 is 0 Å². The first-order valence-electron chi connectivity index (χ1n) is 6.78. The van der Waals surface area contributed by atoms with E-state index in [9.17, 15) is 4.39 Å². The fourth-order valence-corrected chi connectivity index (χ4v) is 2.28. The van der Waals surface area contributed by atoms with E-state index in [0.717, 1.165) is 37.1 Å². The van der Waals surface area contributed by atoms with E-state index < -0.39 is 0 Å². The minimum absolute atomic E-state index is 0.168. The van der Waals surface area contributed by atoms with Crippen molar-refractivity contribution in [3.8, 4) is 0 Å². The standard InChI is InChI=1S/C16H20FNO/c1-2-18-15(8-9-16-7-4-10-19-16)12-13-5-3-6-14(17)11-13/h3-7,10-11,15,18H,2,8-9,12H2,1H3. The average Bonchev–Trinajstić information content (AvgIpc) is 2.89. The van der Waals surface area contributed by atoms with Crippen LogP contribution in [0, 0.1) is 5.82 Å². The van der Waals surface area contributed by atoms with Crippen molar-refractivity contribution in [2.45, 2.75) is 32.2 Å². The smallest absolute Gasteiger partial charge is 0.123 e. The van der Waals surface area contributed by atoms with E-state index in [4.69, 9.17) is 4.42 Å². The van der Waals surface area contributed by atoms with Crippen molar-refractivity contribution in [2.24, 2.45) is 0 Å². The predicted molar refractivity (Wildman–Crippen MR) is 74.6 cm³/mol. The molecule has 0 spiro atoms. The van der Waals surface area contributed by atoms with Crippen molar-refractivity contribution >= 4 is 0 Å². The molecule has 0 fully saturated rings. The molecule has 0 amide bonds.